The van der Waals surface area contributed by atoms with Crippen LogP contribution in [0.4, 0.5) is 0 Å². The molecule has 3 fully saturated rings. The molecule has 3 aliphatic rings. The topological polar surface area (TPSA) is 55.1 Å². The Hall–Kier alpha value is -0.570. The standard InChI is InChI=1S/C17H30N2O/c18-12-17(9-3-4-10-17)19-16(20)15-8-7-13-5-1-2-6-14(13)11-15/h13-15H,1-12,18H2,(H,19,20). The van der Waals surface area contributed by atoms with Gasteiger partial charge in [-0.25, -0.2) is 0 Å². The number of carbonyl (C=O) groups excluding carboxylic acids is 1. The van der Waals surface area contributed by atoms with Crippen LogP contribution in [0.3, 0.4) is 0 Å². The predicted octanol–water partition coefficient (Wildman–Crippen LogP) is 2.98. The molecule has 3 rings (SSSR count). The molecule has 3 atom stereocenters. The molecule has 0 saturated heterocycles. The van der Waals surface area contributed by atoms with E-state index in [0.717, 1.165) is 37.5 Å². The van der Waals surface area contributed by atoms with Gasteiger partial charge in [-0.2, -0.15) is 0 Å². The maximum atomic E-state index is 12.6. The van der Waals surface area contributed by atoms with Gasteiger partial charge in [-0.1, -0.05) is 38.5 Å². The molecule has 0 bridgehead atoms. The summed E-state index contributed by atoms with van der Waals surface area (Å²) in [5.74, 6) is 2.31. The van der Waals surface area contributed by atoms with Crippen molar-refractivity contribution in [2.45, 2.75) is 76.2 Å². The molecular formula is C17H30N2O. The van der Waals surface area contributed by atoms with E-state index in [1.807, 2.05) is 0 Å². The second-order valence-corrected chi connectivity index (χ2v) is 7.50. The number of rotatable bonds is 3. The number of fused-ring (bicyclic) bond motifs is 1. The Morgan fingerprint density at radius 3 is 2.40 bits per heavy atom. The molecule has 0 aromatic rings. The van der Waals surface area contributed by atoms with E-state index in [9.17, 15) is 4.79 Å². The molecule has 20 heavy (non-hydrogen) atoms. The predicted molar refractivity (Wildman–Crippen MR) is 81.2 cm³/mol. The Morgan fingerprint density at radius 2 is 1.70 bits per heavy atom. The molecule has 0 radical (unpaired) electrons. The SMILES string of the molecule is NCC1(NC(=O)C2CCC3CCCCC3C2)CCCC1. The number of carbonyl (C=O) groups is 1. The zero-order valence-corrected chi connectivity index (χ0v) is 12.7. The highest BCUT2D eigenvalue weighted by atomic mass is 16.2. The Bertz CT molecular complexity index is 349. The summed E-state index contributed by atoms with van der Waals surface area (Å²) >= 11 is 0. The van der Waals surface area contributed by atoms with Crippen LogP contribution >= 0.6 is 0 Å². The highest BCUT2D eigenvalue weighted by molar-refractivity contribution is 5.79. The first kappa shape index (κ1) is 14.4. The zero-order valence-electron chi connectivity index (χ0n) is 12.7. The lowest BCUT2D eigenvalue weighted by Crippen LogP contribution is -2.54. The van der Waals surface area contributed by atoms with E-state index in [0.29, 0.717) is 12.5 Å². The number of hydrogen-bond donors (Lipinski definition) is 2. The summed E-state index contributed by atoms with van der Waals surface area (Å²) in [5, 5.41) is 3.34. The Kier molecular flexibility index (Phi) is 4.34. The second kappa shape index (κ2) is 6.05. The fourth-order valence-electron chi connectivity index (χ4n) is 4.91. The van der Waals surface area contributed by atoms with Gasteiger partial charge in [0, 0.05) is 12.5 Å². The lowest BCUT2D eigenvalue weighted by Gasteiger charge is -2.40. The van der Waals surface area contributed by atoms with Crippen molar-refractivity contribution >= 4 is 5.91 Å². The first-order valence-corrected chi connectivity index (χ1v) is 8.74. The van der Waals surface area contributed by atoms with E-state index in [2.05, 4.69) is 5.32 Å². The molecule has 3 aliphatic carbocycles. The zero-order chi connectivity index (χ0) is 14.0. The Balaban J connectivity index is 1.57. The van der Waals surface area contributed by atoms with E-state index in [4.69, 9.17) is 5.73 Å². The molecule has 3 nitrogen and oxygen atoms in total. The van der Waals surface area contributed by atoms with Gasteiger partial charge in [0.15, 0.2) is 0 Å². The lowest BCUT2D eigenvalue weighted by atomic mass is 9.67. The summed E-state index contributed by atoms with van der Waals surface area (Å²) in [5.41, 5.74) is 5.87. The third-order valence-electron chi connectivity index (χ3n) is 6.25. The van der Waals surface area contributed by atoms with Crippen LogP contribution in [-0.2, 0) is 4.79 Å². The van der Waals surface area contributed by atoms with E-state index in [1.165, 1.54) is 44.9 Å². The molecule has 0 aliphatic heterocycles. The van der Waals surface area contributed by atoms with Crippen LogP contribution in [0.1, 0.15) is 70.6 Å². The van der Waals surface area contributed by atoms with Gasteiger partial charge in [-0.15, -0.1) is 0 Å². The van der Waals surface area contributed by atoms with Crippen LogP contribution in [0, 0.1) is 17.8 Å². The first-order chi connectivity index (χ1) is 9.72. The van der Waals surface area contributed by atoms with Gasteiger partial charge in [0.1, 0.15) is 0 Å². The van der Waals surface area contributed by atoms with Crippen LogP contribution < -0.4 is 11.1 Å². The fraction of sp³-hybridized carbons (Fsp3) is 0.941. The van der Waals surface area contributed by atoms with Crippen molar-refractivity contribution in [1.29, 1.82) is 0 Å². The van der Waals surface area contributed by atoms with Gasteiger partial charge < -0.3 is 11.1 Å². The average molecular weight is 278 g/mol. The van der Waals surface area contributed by atoms with Gasteiger partial charge in [0.25, 0.3) is 0 Å². The number of amides is 1. The molecular weight excluding hydrogens is 248 g/mol. The fourth-order valence-corrected chi connectivity index (χ4v) is 4.91. The van der Waals surface area contributed by atoms with Crippen molar-refractivity contribution in [3.05, 3.63) is 0 Å². The summed E-state index contributed by atoms with van der Waals surface area (Å²) in [6.45, 7) is 0.609. The van der Waals surface area contributed by atoms with Gasteiger partial charge in [-0.05, 0) is 43.9 Å². The monoisotopic (exact) mass is 278 g/mol. The third kappa shape index (κ3) is 2.88. The van der Waals surface area contributed by atoms with Crippen LogP contribution in [0.5, 0.6) is 0 Å². The van der Waals surface area contributed by atoms with Crippen molar-refractivity contribution in [3.8, 4) is 0 Å². The minimum Gasteiger partial charge on any atom is -0.349 e. The maximum Gasteiger partial charge on any atom is 0.223 e. The molecule has 0 aromatic carbocycles. The molecule has 0 heterocycles. The maximum absolute atomic E-state index is 12.6. The smallest absolute Gasteiger partial charge is 0.223 e. The molecule has 0 spiro atoms. The van der Waals surface area contributed by atoms with E-state index in [1.54, 1.807) is 0 Å². The molecule has 0 aromatic heterocycles. The van der Waals surface area contributed by atoms with Crippen LogP contribution in [0.25, 0.3) is 0 Å². The van der Waals surface area contributed by atoms with E-state index >= 15 is 0 Å². The molecule has 114 valence electrons. The minimum atomic E-state index is -0.0690. The lowest BCUT2D eigenvalue weighted by molar-refractivity contribution is -0.129. The van der Waals surface area contributed by atoms with Gasteiger partial charge >= 0.3 is 0 Å². The molecule has 1 amide bonds. The summed E-state index contributed by atoms with van der Waals surface area (Å²) in [6.07, 6.45) is 13.7. The van der Waals surface area contributed by atoms with Crippen LogP contribution in [0.2, 0.25) is 0 Å². The normalized spacial score (nSPS) is 36.4. The minimum absolute atomic E-state index is 0.0690. The molecule has 3 saturated carbocycles. The van der Waals surface area contributed by atoms with Crippen molar-refractivity contribution in [3.63, 3.8) is 0 Å². The molecule has 3 unspecified atom stereocenters. The number of nitrogens with two attached hydrogens (primary N) is 1. The average Bonchev–Trinajstić information content (AvgIpc) is 2.96. The number of nitrogens with one attached hydrogen (secondary N) is 1. The highest BCUT2D eigenvalue weighted by Crippen LogP contribution is 2.43. The Morgan fingerprint density at radius 1 is 1.00 bits per heavy atom. The largest absolute Gasteiger partial charge is 0.349 e. The van der Waals surface area contributed by atoms with Gasteiger partial charge in [0.05, 0.1) is 5.54 Å². The summed E-state index contributed by atoms with van der Waals surface area (Å²) in [6, 6.07) is 0. The van der Waals surface area contributed by atoms with Crippen molar-refractivity contribution in [2.24, 2.45) is 23.5 Å². The van der Waals surface area contributed by atoms with Crippen LogP contribution in [0.15, 0.2) is 0 Å². The first-order valence-electron chi connectivity index (χ1n) is 8.74. The Labute approximate surface area is 123 Å². The van der Waals surface area contributed by atoms with E-state index in [-0.39, 0.29) is 11.5 Å². The van der Waals surface area contributed by atoms with E-state index < -0.39 is 0 Å². The van der Waals surface area contributed by atoms with Gasteiger partial charge in [0.2, 0.25) is 5.91 Å². The highest BCUT2D eigenvalue weighted by Gasteiger charge is 2.39. The summed E-state index contributed by atoms with van der Waals surface area (Å²) in [7, 11) is 0. The van der Waals surface area contributed by atoms with Crippen molar-refractivity contribution in [2.75, 3.05) is 6.54 Å². The quantitative estimate of drug-likeness (QED) is 0.834. The molecule has 3 N–H and O–H groups in total. The molecule has 3 heteroatoms. The third-order valence-corrected chi connectivity index (χ3v) is 6.25. The number of hydrogen-bond acceptors (Lipinski definition) is 2. The van der Waals surface area contributed by atoms with Crippen LogP contribution in [-0.4, -0.2) is 18.0 Å². The summed E-state index contributed by atoms with van der Waals surface area (Å²) in [4.78, 5) is 12.6. The van der Waals surface area contributed by atoms with Gasteiger partial charge in [-0.3, -0.25) is 4.79 Å². The second-order valence-electron chi connectivity index (χ2n) is 7.50. The summed E-state index contributed by atoms with van der Waals surface area (Å²) < 4.78 is 0. The van der Waals surface area contributed by atoms with Crippen molar-refractivity contribution < 1.29 is 4.79 Å². The van der Waals surface area contributed by atoms with Crippen molar-refractivity contribution in [1.82, 2.24) is 5.32 Å².